The first-order chi connectivity index (χ1) is 15.9. The van der Waals surface area contributed by atoms with Crippen LogP contribution in [0.5, 0.6) is 0 Å². The van der Waals surface area contributed by atoms with Crippen molar-refractivity contribution in [2.75, 3.05) is 38.0 Å². The first kappa shape index (κ1) is 22.5. The molecule has 2 aromatic heterocycles. The van der Waals surface area contributed by atoms with Crippen LogP contribution in [-0.4, -0.2) is 76.4 Å². The maximum Gasteiger partial charge on any atom is 0.245 e. The molecule has 3 aromatic rings. The Morgan fingerprint density at radius 3 is 2.64 bits per heavy atom. The van der Waals surface area contributed by atoms with E-state index in [4.69, 9.17) is 4.52 Å². The van der Waals surface area contributed by atoms with Gasteiger partial charge >= 0.3 is 0 Å². The van der Waals surface area contributed by atoms with Gasteiger partial charge in [0.2, 0.25) is 17.7 Å². The smallest absolute Gasteiger partial charge is 0.245 e. The molecule has 3 amide bonds. The highest BCUT2D eigenvalue weighted by Crippen LogP contribution is 2.20. The molecule has 0 bridgehead atoms. The Hall–Kier alpha value is -3.66. The summed E-state index contributed by atoms with van der Waals surface area (Å²) < 4.78 is 4.95. The SMILES string of the molecule is CC(=O)N[C@@H](Cc1c[nH]c2ccccc12)C(=O)N1CCN(CC(=O)Nc2cc(C)on2)CC1. The number of anilines is 1. The Morgan fingerprint density at radius 1 is 1.18 bits per heavy atom. The van der Waals surface area contributed by atoms with Crippen molar-refractivity contribution in [3.05, 3.63) is 47.9 Å². The fraction of sp³-hybridized carbons (Fsp3) is 0.391. The standard InChI is InChI=1S/C23H28N6O4/c1-15-11-21(27-33-15)26-22(31)14-28-7-9-29(10-8-28)23(32)20(25-16(2)30)12-17-13-24-19-6-4-3-5-18(17)19/h3-6,11,13,20,24H,7-10,12,14H2,1-2H3,(H,25,30)(H,26,27,31)/t20-/m0/s1. The maximum absolute atomic E-state index is 13.3. The molecule has 10 heteroatoms. The quantitative estimate of drug-likeness (QED) is 0.496. The third-order valence-corrected chi connectivity index (χ3v) is 5.72. The van der Waals surface area contributed by atoms with Gasteiger partial charge in [-0.25, -0.2) is 0 Å². The molecule has 0 radical (unpaired) electrons. The predicted octanol–water partition coefficient (Wildman–Crippen LogP) is 1.29. The number of nitrogens with one attached hydrogen (secondary N) is 3. The first-order valence-electron chi connectivity index (χ1n) is 11.0. The second-order valence-corrected chi connectivity index (χ2v) is 8.29. The van der Waals surface area contributed by atoms with Gasteiger partial charge < -0.3 is 25.0 Å². The Bertz CT molecular complexity index is 1140. The minimum Gasteiger partial charge on any atom is -0.361 e. The molecule has 1 atom stereocenters. The van der Waals surface area contributed by atoms with Crippen molar-refractivity contribution in [2.24, 2.45) is 0 Å². The average molecular weight is 453 g/mol. The monoisotopic (exact) mass is 452 g/mol. The molecule has 33 heavy (non-hydrogen) atoms. The maximum atomic E-state index is 13.3. The van der Waals surface area contributed by atoms with E-state index in [1.165, 1.54) is 6.92 Å². The predicted molar refractivity (Wildman–Crippen MR) is 122 cm³/mol. The number of carbonyl (C=O) groups is 3. The molecule has 1 aromatic carbocycles. The molecule has 1 saturated heterocycles. The van der Waals surface area contributed by atoms with E-state index >= 15 is 0 Å². The van der Waals surface area contributed by atoms with E-state index in [0.717, 1.165) is 16.5 Å². The number of benzene rings is 1. The van der Waals surface area contributed by atoms with E-state index in [9.17, 15) is 14.4 Å². The summed E-state index contributed by atoms with van der Waals surface area (Å²) in [5, 5.41) is 10.3. The molecule has 0 saturated carbocycles. The molecule has 4 rings (SSSR count). The second kappa shape index (κ2) is 9.86. The van der Waals surface area contributed by atoms with Gasteiger partial charge in [-0.15, -0.1) is 0 Å². The van der Waals surface area contributed by atoms with Crippen LogP contribution in [0.1, 0.15) is 18.2 Å². The molecule has 174 valence electrons. The molecule has 10 nitrogen and oxygen atoms in total. The molecular formula is C23H28N6O4. The average Bonchev–Trinajstić information content (AvgIpc) is 3.39. The van der Waals surface area contributed by atoms with Crippen molar-refractivity contribution < 1.29 is 18.9 Å². The summed E-state index contributed by atoms with van der Waals surface area (Å²) in [6.07, 6.45) is 2.29. The van der Waals surface area contributed by atoms with E-state index in [-0.39, 0.29) is 24.3 Å². The van der Waals surface area contributed by atoms with Crippen molar-refractivity contribution >= 4 is 34.4 Å². The summed E-state index contributed by atoms with van der Waals surface area (Å²) in [7, 11) is 0. The summed E-state index contributed by atoms with van der Waals surface area (Å²) in [5.41, 5.74) is 1.98. The highest BCUT2D eigenvalue weighted by molar-refractivity contribution is 5.91. The number of nitrogens with zero attached hydrogens (tertiary/aromatic N) is 3. The van der Waals surface area contributed by atoms with E-state index in [0.29, 0.717) is 44.2 Å². The van der Waals surface area contributed by atoms with Crippen LogP contribution >= 0.6 is 0 Å². The van der Waals surface area contributed by atoms with Gasteiger partial charge in [-0.3, -0.25) is 19.3 Å². The number of aryl methyl sites for hydroxylation is 1. The van der Waals surface area contributed by atoms with E-state index in [1.807, 2.05) is 35.4 Å². The number of amides is 3. The summed E-state index contributed by atoms with van der Waals surface area (Å²) in [5.74, 6) is 0.475. The zero-order chi connectivity index (χ0) is 23.4. The lowest BCUT2D eigenvalue weighted by molar-refractivity contribution is -0.137. The molecule has 0 unspecified atom stereocenters. The largest absolute Gasteiger partial charge is 0.361 e. The van der Waals surface area contributed by atoms with Crippen LogP contribution in [0, 0.1) is 6.92 Å². The normalized spacial score (nSPS) is 15.4. The summed E-state index contributed by atoms with van der Waals surface area (Å²) >= 11 is 0. The summed E-state index contributed by atoms with van der Waals surface area (Å²) in [4.78, 5) is 44.3. The van der Waals surface area contributed by atoms with Crippen molar-refractivity contribution in [1.29, 1.82) is 0 Å². The van der Waals surface area contributed by atoms with Gasteiger partial charge in [0.1, 0.15) is 11.8 Å². The van der Waals surface area contributed by atoms with Crippen LogP contribution in [0.4, 0.5) is 5.82 Å². The van der Waals surface area contributed by atoms with E-state index in [1.54, 1.807) is 17.9 Å². The lowest BCUT2D eigenvalue weighted by Crippen LogP contribution is -2.56. The van der Waals surface area contributed by atoms with Gasteiger partial charge in [-0.05, 0) is 18.6 Å². The number of aromatic nitrogens is 2. The molecule has 1 aliphatic rings. The van der Waals surface area contributed by atoms with Gasteiger partial charge in [-0.1, -0.05) is 23.4 Å². The van der Waals surface area contributed by atoms with Crippen LogP contribution in [0.2, 0.25) is 0 Å². The minimum atomic E-state index is -0.646. The lowest BCUT2D eigenvalue weighted by atomic mass is 10.0. The van der Waals surface area contributed by atoms with E-state index in [2.05, 4.69) is 20.8 Å². The van der Waals surface area contributed by atoms with Crippen LogP contribution < -0.4 is 10.6 Å². The topological polar surface area (TPSA) is 124 Å². The number of hydrogen-bond acceptors (Lipinski definition) is 6. The molecule has 3 heterocycles. The van der Waals surface area contributed by atoms with Crippen LogP contribution in [0.3, 0.4) is 0 Å². The second-order valence-electron chi connectivity index (χ2n) is 8.29. The third kappa shape index (κ3) is 5.58. The molecular weight excluding hydrogens is 424 g/mol. The Morgan fingerprint density at radius 2 is 1.94 bits per heavy atom. The molecule has 1 fully saturated rings. The molecule has 3 N–H and O–H groups in total. The zero-order valence-corrected chi connectivity index (χ0v) is 18.8. The number of carbonyl (C=O) groups excluding carboxylic acids is 3. The fourth-order valence-corrected chi connectivity index (χ4v) is 4.12. The van der Waals surface area contributed by atoms with Crippen molar-refractivity contribution in [3.8, 4) is 0 Å². The van der Waals surface area contributed by atoms with Crippen molar-refractivity contribution in [3.63, 3.8) is 0 Å². The highest BCUT2D eigenvalue weighted by Gasteiger charge is 2.29. The number of para-hydroxylation sites is 1. The Kier molecular flexibility index (Phi) is 6.74. The van der Waals surface area contributed by atoms with Gasteiger partial charge in [0.15, 0.2) is 5.82 Å². The Labute approximate surface area is 191 Å². The van der Waals surface area contributed by atoms with Gasteiger partial charge in [0.05, 0.1) is 6.54 Å². The van der Waals surface area contributed by atoms with Crippen molar-refractivity contribution in [1.82, 2.24) is 25.3 Å². The minimum absolute atomic E-state index is 0.113. The van der Waals surface area contributed by atoms with Crippen molar-refractivity contribution in [2.45, 2.75) is 26.3 Å². The Balaban J connectivity index is 1.34. The number of hydrogen-bond donors (Lipinski definition) is 3. The highest BCUT2D eigenvalue weighted by atomic mass is 16.5. The number of rotatable bonds is 7. The van der Waals surface area contributed by atoms with Gasteiger partial charge in [0, 0.05) is 62.7 Å². The number of H-pyrrole nitrogens is 1. The molecule has 0 aliphatic carbocycles. The van der Waals surface area contributed by atoms with Crippen LogP contribution in [0.15, 0.2) is 41.1 Å². The summed E-state index contributed by atoms with van der Waals surface area (Å²) in [6, 6.07) is 8.89. The van der Waals surface area contributed by atoms with Gasteiger partial charge in [-0.2, -0.15) is 0 Å². The first-order valence-corrected chi connectivity index (χ1v) is 11.0. The fourth-order valence-electron chi connectivity index (χ4n) is 4.12. The lowest BCUT2D eigenvalue weighted by Gasteiger charge is -2.36. The van der Waals surface area contributed by atoms with Crippen LogP contribution in [-0.2, 0) is 20.8 Å². The third-order valence-electron chi connectivity index (χ3n) is 5.72. The number of fused-ring (bicyclic) bond motifs is 1. The number of aromatic amines is 1. The van der Waals surface area contributed by atoms with E-state index < -0.39 is 6.04 Å². The van der Waals surface area contributed by atoms with Crippen LogP contribution in [0.25, 0.3) is 10.9 Å². The zero-order valence-electron chi connectivity index (χ0n) is 18.8. The molecule has 1 aliphatic heterocycles. The number of piperazine rings is 1. The summed E-state index contributed by atoms with van der Waals surface area (Å²) in [6.45, 7) is 5.48. The van der Waals surface area contributed by atoms with Gasteiger partial charge in [0.25, 0.3) is 0 Å². The molecule has 0 spiro atoms.